The molecule has 1 N–H and O–H groups in total. The molecule has 0 radical (unpaired) electrons. The van der Waals surface area contributed by atoms with Crippen LogP contribution in [0.5, 0.6) is 0 Å². The third-order valence-corrected chi connectivity index (χ3v) is 5.64. The molecule has 0 unspecified atom stereocenters. The van der Waals surface area contributed by atoms with Gasteiger partial charge in [-0.2, -0.15) is 5.26 Å². The summed E-state index contributed by atoms with van der Waals surface area (Å²) in [6.07, 6.45) is 1.38. The highest BCUT2D eigenvalue weighted by Crippen LogP contribution is 2.23. The van der Waals surface area contributed by atoms with E-state index in [2.05, 4.69) is 25.6 Å². The van der Waals surface area contributed by atoms with Gasteiger partial charge in [-0.3, -0.25) is 0 Å². The number of rotatable bonds is 4. The Bertz CT molecular complexity index is 734. The second-order valence-corrected chi connectivity index (χ2v) is 7.07. The van der Waals surface area contributed by atoms with Crippen molar-refractivity contribution in [3.05, 3.63) is 44.8 Å². The first kappa shape index (κ1) is 14.1. The molecule has 0 amide bonds. The molecule has 0 aliphatic rings. The van der Waals surface area contributed by atoms with Crippen LogP contribution in [0.2, 0.25) is 0 Å². The van der Waals surface area contributed by atoms with Crippen LogP contribution < -0.4 is 4.72 Å². The third-order valence-electron chi connectivity index (χ3n) is 2.28. The Labute approximate surface area is 123 Å². The fourth-order valence-corrected chi connectivity index (χ4v) is 4.00. The van der Waals surface area contributed by atoms with Gasteiger partial charge in [0.1, 0.15) is 11.0 Å². The number of pyridine rings is 1. The molecule has 2 rings (SSSR count). The third kappa shape index (κ3) is 3.19. The van der Waals surface area contributed by atoms with Crippen LogP contribution in [-0.4, -0.2) is 13.4 Å². The molecule has 0 bridgehead atoms. The van der Waals surface area contributed by atoms with Crippen LogP contribution in [0.25, 0.3) is 0 Å². The molecule has 8 heteroatoms. The first-order valence-electron chi connectivity index (χ1n) is 5.11. The summed E-state index contributed by atoms with van der Waals surface area (Å²) >= 11 is 4.77. The molecule has 0 atom stereocenters. The maximum absolute atomic E-state index is 12.1. The van der Waals surface area contributed by atoms with Gasteiger partial charge in [0.05, 0.1) is 0 Å². The molecular weight excluding hydrogens is 350 g/mol. The number of hydrogen-bond acceptors (Lipinski definition) is 5. The van der Waals surface area contributed by atoms with Crippen LogP contribution in [0.1, 0.15) is 10.6 Å². The summed E-state index contributed by atoms with van der Waals surface area (Å²) in [4.78, 5) is 4.50. The van der Waals surface area contributed by atoms with E-state index in [0.29, 0.717) is 0 Å². The van der Waals surface area contributed by atoms with E-state index in [-0.39, 0.29) is 17.1 Å². The number of aromatic nitrogens is 1. The largest absolute Gasteiger partial charge is 0.244 e. The minimum absolute atomic E-state index is 0.106. The molecule has 0 aliphatic heterocycles. The van der Waals surface area contributed by atoms with Crippen molar-refractivity contribution in [2.24, 2.45) is 0 Å². The minimum atomic E-state index is -3.75. The summed E-state index contributed by atoms with van der Waals surface area (Å²) < 4.78 is 27.5. The summed E-state index contributed by atoms with van der Waals surface area (Å²) in [6, 6.07) is 6.46. The van der Waals surface area contributed by atoms with Crippen LogP contribution in [-0.2, 0) is 16.6 Å². The standard InChI is InChI=1S/C11H8BrN3O2S2/c12-8-3-5-18-10(8)7-15-19(16,17)11-2-1-4-14-9(11)6-13/h1-5,15H,7H2. The highest BCUT2D eigenvalue weighted by molar-refractivity contribution is 9.10. The first-order valence-corrected chi connectivity index (χ1v) is 8.27. The maximum Gasteiger partial charge on any atom is 0.243 e. The molecule has 2 aromatic heterocycles. The number of nitriles is 1. The number of nitrogens with zero attached hydrogens (tertiary/aromatic N) is 2. The van der Waals surface area contributed by atoms with Gasteiger partial charge in [0.25, 0.3) is 0 Å². The molecular formula is C11H8BrN3O2S2. The molecule has 5 nitrogen and oxygen atoms in total. The van der Waals surface area contributed by atoms with Crippen molar-refractivity contribution in [2.45, 2.75) is 11.4 Å². The molecule has 0 spiro atoms. The number of thiophene rings is 1. The topological polar surface area (TPSA) is 82.8 Å². The fraction of sp³-hybridized carbons (Fsp3) is 0.0909. The summed E-state index contributed by atoms with van der Waals surface area (Å²) in [7, 11) is -3.75. The molecule has 19 heavy (non-hydrogen) atoms. The molecule has 2 aromatic rings. The normalized spacial score (nSPS) is 11.2. The van der Waals surface area contributed by atoms with Crippen molar-refractivity contribution in [1.82, 2.24) is 9.71 Å². The number of halogens is 1. The lowest BCUT2D eigenvalue weighted by Crippen LogP contribution is -2.24. The monoisotopic (exact) mass is 357 g/mol. The summed E-state index contributed by atoms with van der Waals surface area (Å²) in [5.74, 6) is 0. The second-order valence-electron chi connectivity index (χ2n) is 3.48. The Morgan fingerprint density at radius 3 is 2.89 bits per heavy atom. The number of hydrogen-bond donors (Lipinski definition) is 1. The van der Waals surface area contributed by atoms with E-state index in [1.54, 1.807) is 6.07 Å². The summed E-state index contributed by atoms with van der Waals surface area (Å²) in [5, 5.41) is 10.7. The van der Waals surface area contributed by atoms with Gasteiger partial charge in [-0.05, 0) is 39.5 Å². The van der Waals surface area contributed by atoms with Crippen LogP contribution in [0.4, 0.5) is 0 Å². The lowest BCUT2D eigenvalue weighted by Gasteiger charge is -2.06. The van der Waals surface area contributed by atoms with Crippen LogP contribution in [0, 0.1) is 11.3 Å². The average molecular weight is 358 g/mol. The predicted molar refractivity (Wildman–Crippen MR) is 75.0 cm³/mol. The average Bonchev–Trinajstić information content (AvgIpc) is 2.82. The van der Waals surface area contributed by atoms with E-state index in [9.17, 15) is 8.42 Å². The fourth-order valence-electron chi connectivity index (χ4n) is 1.38. The number of nitrogens with one attached hydrogen (secondary N) is 1. The Balaban J connectivity index is 2.24. The van der Waals surface area contributed by atoms with Crippen molar-refractivity contribution in [1.29, 1.82) is 5.26 Å². The molecule has 98 valence electrons. The van der Waals surface area contributed by atoms with Gasteiger partial charge in [0.15, 0.2) is 5.69 Å². The molecule has 0 saturated heterocycles. The summed E-state index contributed by atoms with van der Waals surface area (Å²) in [5.41, 5.74) is -0.111. The Morgan fingerprint density at radius 2 is 2.26 bits per heavy atom. The van der Waals surface area contributed by atoms with Gasteiger partial charge in [0.2, 0.25) is 10.0 Å². The predicted octanol–water partition coefficient (Wildman–Crippen LogP) is 2.26. The maximum atomic E-state index is 12.1. The highest BCUT2D eigenvalue weighted by atomic mass is 79.9. The summed E-state index contributed by atoms with van der Waals surface area (Å²) in [6.45, 7) is 0.167. The molecule has 0 saturated carbocycles. The van der Waals surface area contributed by atoms with Crippen LogP contribution in [0.15, 0.2) is 39.1 Å². The zero-order valence-electron chi connectivity index (χ0n) is 9.50. The van der Waals surface area contributed by atoms with Gasteiger partial charge in [-0.25, -0.2) is 18.1 Å². The van der Waals surface area contributed by atoms with Gasteiger partial charge in [-0.15, -0.1) is 11.3 Å². The van der Waals surface area contributed by atoms with Crippen molar-refractivity contribution in [3.8, 4) is 6.07 Å². The molecule has 0 fully saturated rings. The second kappa shape index (κ2) is 5.79. The van der Waals surface area contributed by atoms with Crippen LogP contribution in [0.3, 0.4) is 0 Å². The van der Waals surface area contributed by atoms with E-state index in [4.69, 9.17) is 5.26 Å². The zero-order valence-corrected chi connectivity index (χ0v) is 12.7. The van der Waals surface area contributed by atoms with Gasteiger partial charge >= 0.3 is 0 Å². The van der Waals surface area contributed by atoms with E-state index in [1.165, 1.54) is 29.7 Å². The lowest BCUT2D eigenvalue weighted by atomic mass is 10.4. The Hall–Kier alpha value is -1.27. The van der Waals surface area contributed by atoms with E-state index < -0.39 is 10.0 Å². The Kier molecular flexibility index (Phi) is 4.31. The van der Waals surface area contributed by atoms with E-state index in [0.717, 1.165) is 9.35 Å². The quantitative estimate of drug-likeness (QED) is 0.909. The smallest absolute Gasteiger partial charge is 0.243 e. The van der Waals surface area contributed by atoms with Crippen molar-refractivity contribution in [2.75, 3.05) is 0 Å². The lowest BCUT2D eigenvalue weighted by molar-refractivity contribution is 0.581. The van der Waals surface area contributed by atoms with Crippen LogP contribution >= 0.6 is 27.3 Å². The minimum Gasteiger partial charge on any atom is -0.244 e. The number of sulfonamides is 1. The zero-order chi connectivity index (χ0) is 13.9. The molecule has 0 aliphatic carbocycles. The molecule has 0 aromatic carbocycles. The first-order chi connectivity index (χ1) is 9.04. The van der Waals surface area contributed by atoms with Gasteiger partial charge in [0, 0.05) is 22.1 Å². The van der Waals surface area contributed by atoms with Crippen molar-refractivity contribution < 1.29 is 8.42 Å². The van der Waals surface area contributed by atoms with E-state index in [1.807, 2.05) is 11.4 Å². The van der Waals surface area contributed by atoms with Gasteiger partial charge in [-0.1, -0.05) is 0 Å². The van der Waals surface area contributed by atoms with Crippen molar-refractivity contribution in [3.63, 3.8) is 0 Å². The Morgan fingerprint density at radius 1 is 1.47 bits per heavy atom. The molecule has 2 heterocycles. The SMILES string of the molecule is N#Cc1ncccc1S(=O)(=O)NCc1sccc1Br. The highest BCUT2D eigenvalue weighted by Gasteiger charge is 2.19. The van der Waals surface area contributed by atoms with E-state index >= 15 is 0 Å². The van der Waals surface area contributed by atoms with Crippen molar-refractivity contribution >= 4 is 37.3 Å². The van der Waals surface area contributed by atoms with Gasteiger partial charge < -0.3 is 0 Å².